The minimum absolute atomic E-state index is 0.253. The molecular formula is C66H48. The van der Waals surface area contributed by atoms with E-state index in [0.29, 0.717) is 0 Å². The zero-order valence-corrected chi connectivity index (χ0v) is 37.0. The van der Waals surface area contributed by atoms with E-state index >= 15 is 0 Å². The minimum Gasteiger partial charge on any atom is -0.0622 e. The van der Waals surface area contributed by atoms with E-state index in [-0.39, 0.29) is 21.7 Å². The summed E-state index contributed by atoms with van der Waals surface area (Å²) in [4.78, 5) is 0. The number of hydrogen-bond acceptors (Lipinski definition) is 0. The number of rotatable bonds is 4. The van der Waals surface area contributed by atoms with Crippen LogP contribution in [0.25, 0.3) is 0 Å². The molecule has 4 aliphatic rings. The first-order valence-corrected chi connectivity index (χ1v) is 23.2. The molecule has 0 heteroatoms. The van der Waals surface area contributed by atoms with Crippen molar-refractivity contribution >= 4 is 0 Å². The Labute approximate surface area is 390 Å². The Morgan fingerprint density at radius 3 is 0.591 bits per heavy atom. The third kappa shape index (κ3) is 7.73. The van der Waals surface area contributed by atoms with Crippen molar-refractivity contribution in [3.8, 4) is 47.4 Å². The maximum absolute atomic E-state index is 3.74. The quantitative estimate of drug-likeness (QED) is 0.155. The van der Waals surface area contributed by atoms with Gasteiger partial charge in [-0.05, 0) is 155 Å². The van der Waals surface area contributed by atoms with Gasteiger partial charge in [0.1, 0.15) is 0 Å². The highest BCUT2D eigenvalue weighted by atomic mass is 14.7. The van der Waals surface area contributed by atoms with Gasteiger partial charge in [0, 0.05) is 44.5 Å². The molecule has 8 aromatic rings. The van der Waals surface area contributed by atoms with E-state index in [2.05, 4.69) is 266 Å². The summed E-state index contributed by atoms with van der Waals surface area (Å²) in [6.45, 7) is 0. The van der Waals surface area contributed by atoms with Gasteiger partial charge in [-0.2, -0.15) is 0 Å². The number of benzene rings is 8. The second-order valence-corrected chi connectivity index (χ2v) is 18.8. The maximum Gasteiger partial charge on any atom is 0.0286 e. The fraction of sp³-hybridized carbons (Fsp3) is 0.152. The lowest BCUT2D eigenvalue weighted by molar-refractivity contribution is -0.0694. The molecule has 0 N–H and O–H groups in total. The van der Waals surface area contributed by atoms with E-state index in [0.717, 1.165) is 83.0 Å². The zero-order valence-electron chi connectivity index (χ0n) is 37.0. The van der Waals surface area contributed by atoms with E-state index in [1.807, 2.05) is 0 Å². The molecule has 0 spiro atoms. The van der Waals surface area contributed by atoms with Crippen LogP contribution in [-0.2, 0) is 21.7 Å². The van der Waals surface area contributed by atoms with Crippen LogP contribution in [0.15, 0.2) is 218 Å². The van der Waals surface area contributed by atoms with Gasteiger partial charge in [-0.3, -0.25) is 0 Å². The number of hydrogen-bond donors (Lipinski definition) is 0. The summed E-state index contributed by atoms with van der Waals surface area (Å²) in [5.41, 5.74) is 12.9. The molecule has 4 bridgehead atoms. The molecule has 12 rings (SSSR count). The van der Waals surface area contributed by atoms with Crippen molar-refractivity contribution in [2.75, 3.05) is 0 Å². The molecule has 0 heterocycles. The molecule has 0 aliphatic heterocycles. The van der Waals surface area contributed by atoms with E-state index in [9.17, 15) is 0 Å². The van der Waals surface area contributed by atoms with Crippen molar-refractivity contribution in [1.82, 2.24) is 0 Å². The van der Waals surface area contributed by atoms with Crippen molar-refractivity contribution in [3.05, 3.63) is 285 Å². The van der Waals surface area contributed by atoms with Gasteiger partial charge in [-0.25, -0.2) is 0 Å². The molecule has 4 aliphatic carbocycles. The average molecular weight is 841 g/mol. The molecule has 312 valence electrons. The zero-order chi connectivity index (χ0) is 44.3. The molecule has 0 nitrogen and oxygen atoms in total. The minimum atomic E-state index is -0.253. The summed E-state index contributed by atoms with van der Waals surface area (Å²) in [5.74, 6) is 29.3. The van der Waals surface area contributed by atoms with Crippen molar-refractivity contribution in [1.29, 1.82) is 0 Å². The van der Waals surface area contributed by atoms with Gasteiger partial charge in [0.15, 0.2) is 0 Å². The second-order valence-electron chi connectivity index (χ2n) is 18.8. The van der Waals surface area contributed by atoms with Crippen molar-refractivity contribution in [2.24, 2.45) is 0 Å². The van der Waals surface area contributed by atoms with E-state index in [1.54, 1.807) is 0 Å². The Balaban J connectivity index is 1.19. The van der Waals surface area contributed by atoms with Crippen molar-refractivity contribution < 1.29 is 0 Å². The summed E-state index contributed by atoms with van der Waals surface area (Å²) >= 11 is 0. The van der Waals surface area contributed by atoms with Crippen LogP contribution in [0.4, 0.5) is 0 Å². The van der Waals surface area contributed by atoms with Gasteiger partial charge in [0.2, 0.25) is 0 Å². The summed E-state index contributed by atoms with van der Waals surface area (Å²) < 4.78 is 0. The Kier molecular flexibility index (Phi) is 10.6. The van der Waals surface area contributed by atoms with Crippen LogP contribution < -0.4 is 0 Å². The molecule has 8 aromatic carbocycles. The lowest BCUT2D eigenvalue weighted by Gasteiger charge is -2.72. The lowest BCUT2D eigenvalue weighted by Crippen LogP contribution is -2.67. The summed E-state index contributed by atoms with van der Waals surface area (Å²) in [6, 6.07) is 77.9. The Hall–Kier alpha value is -8.00. The molecular weight excluding hydrogens is 793 g/mol. The van der Waals surface area contributed by atoms with Crippen LogP contribution in [0.3, 0.4) is 0 Å². The summed E-state index contributed by atoms with van der Waals surface area (Å²) in [7, 11) is 0. The van der Waals surface area contributed by atoms with Crippen LogP contribution in [0.2, 0.25) is 0 Å². The molecule has 0 saturated heterocycles. The first-order chi connectivity index (χ1) is 32.5. The van der Waals surface area contributed by atoms with Gasteiger partial charge in [-0.15, -0.1) is 0 Å². The largest absolute Gasteiger partial charge is 0.0622 e. The molecule has 4 fully saturated rings. The predicted molar refractivity (Wildman–Crippen MR) is 270 cm³/mol. The molecule has 0 atom stereocenters. The van der Waals surface area contributed by atoms with E-state index in [4.69, 9.17) is 0 Å². The van der Waals surface area contributed by atoms with Crippen LogP contribution in [0, 0.1) is 47.4 Å². The van der Waals surface area contributed by atoms with E-state index < -0.39 is 0 Å². The van der Waals surface area contributed by atoms with Crippen LogP contribution in [0.5, 0.6) is 0 Å². The standard InChI is InChI=1S/C66H48/c1-5-21-51(22-6-1)37-41-55-29-13-17-33-59(55)63-45-64(60-34-18-14-30-56(60)42-38-52-23-7-2-8-24-52)48-65(46-63,61-35-19-15-31-57(61)43-39-53-25-9-3-10-26-53)50-66(47-63,49-64)62-36-20-16-32-58(62)44-40-54-27-11-4-12-28-54/h1-36H,45-50H2. The van der Waals surface area contributed by atoms with Crippen LogP contribution in [0.1, 0.15) is 105 Å². The third-order valence-electron chi connectivity index (χ3n) is 14.5. The predicted octanol–water partition coefficient (Wildman–Crippen LogP) is 13.7. The van der Waals surface area contributed by atoms with Gasteiger partial charge in [0.25, 0.3) is 0 Å². The smallest absolute Gasteiger partial charge is 0.0286 e. The van der Waals surface area contributed by atoms with Gasteiger partial charge in [-0.1, -0.05) is 193 Å². The third-order valence-corrected chi connectivity index (χ3v) is 14.5. The normalized spacial score (nSPS) is 21.9. The highest BCUT2D eigenvalue weighted by molar-refractivity contribution is 5.61. The van der Waals surface area contributed by atoms with Gasteiger partial charge < -0.3 is 0 Å². The molecule has 4 saturated carbocycles. The Morgan fingerprint density at radius 1 is 0.197 bits per heavy atom. The fourth-order valence-electron chi connectivity index (χ4n) is 12.6. The van der Waals surface area contributed by atoms with Crippen molar-refractivity contribution in [2.45, 2.75) is 60.2 Å². The van der Waals surface area contributed by atoms with Gasteiger partial charge >= 0.3 is 0 Å². The average Bonchev–Trinajstić information content (AvgIpc) is 3.37. The first-order valence-electron chi connectivity index (χ1n) is 23.2. The molecule has 0 unspecified atom stereocenters. The lowest BCUT2D eigenvalue weighted by atomic mass is 9.31. The maximum atomic E-state index is 3.74. The van der Waals surface area contributed by atoms with Crippen LogP contribution in [-0.4, -0.2) is 0 Å². The summed E-state index contributed by atoms with van der Waals surface area (Å²) in [5, 5.41) is 0. The highest BCUT2D eigenvalue weighted by Gasteiger charge is 2.70. The highest BCUT2D eigenvalue weighted by Crippen LogP contribution is 2.75. The van der Waals surface area contributed by atoms with E-state index in [1.165, 1.54) is 22.3 Å². The fourth-order valence-corrected chi connectivity index (χ4v) is 12.6. The Morgan fingerprint density at radius 2 is 0.379 bits per heavy atom. The molecule has 0 aromatic heterocycles. The summed E-state index contributed by atoms with van der Waals surface area (Å²) in [6.07, 6.45) is 5.96. The monoisotopic (exact) mass is 840 g/mol. The first kappa shape index (κ1) is 40.8. The Bertz CT molecular complexity index is 2840. The topological polar surface area (TPSA) is 0 Å². The SMILES string of the molecule is C(#Cc1ccccc1C12CC3(c4ccccc4C#Cc4ccccc4)CC(c4ccccc4C#Cc4ccccc4)(C1)CC(c1ccccc1C#Cc1ccccc1)(C2)C3)c1ccccc1. The molecule has 66 heavy (non-hydrogen) atoms. The van der Waals surface area contributed by atoms with Crippen LogP contribution >= 0.6 is 0 Å². The molecule has 0 radical (unpaired) electrons. The second kappa shape index (κ2) is 17.2. The molecule has 0 amide bonds. The van der Waals surface area contributed by atoms with Crippen molar-refractivity contribution in [3.63, 3.8) is 0 Å². The van der Waals surface area contributed by atoms with Gasteiger partial charge in [0.05, 0.1) is 0 Å².